The summed E-state index contributed by atoms with van der Waals surface area (Å²) in [5.74, 6) is 1.33. The highest BCUT2D eigenvalue weighted by Crippen LogP contribution is 2.30. The second-order valence-electron chi connectivity index (χ2n) is 7.47. The maximum absolute atomic E-state index is 12.0. The number of methoxy groups -OCH3 is 1. The Morgan fingerprint density at radius 2 is 2.16 bits per heavy atom. The number of amides is 1. The Bertz CT molecular complexity index is 540. The first-order valence-corrected chi connectivity index (χ1v) is 9.72. The molecule has 0 radical (unpaired) electrons. The molecule has 1 atom stereocenters. The van der Waals surface area contributed by atoms with Gasteiger partial charge in [-0.3, -0.25) is 4.79 Å². The van der Waals surface area contributed by atoms with Crippen LogP contribution in [0.2, 0.25) is 0 Å². The lowest BCUT2D eigenvalue weighted by Gasteiger charge is -2.35. The number of rotatable bonds is 7. The first kappa shape index (κ1) is 18.4. The van der Waals surface area contributed by atoms with Crippen LogP contribution in [0.5, 0.6) is 0 Å². The molecular weight excluding hydrogens is 318 g/mol. The molecule has 1 aromatic heterocycles. The van der Waals surface area contributed by atoms with E-state index in [9.17, 15) is 4.79 Å². The van der Waals surface area contributed by atoms with Crippen molar-refractivity contribution >= 4 is 5.91 Å². The average Bonchev–Trinajstić information content (AvgIpc) is 3.13. The Balaban J connectivity index is 1.51. The van der Waals surface area contributed by atoms with Crippen LogP contribution >= 0.6 is 0 Å². The number of carbonyl (C=O) groups is 1. The third-order valence-electron chi connectivity index (χ3n) is 5.51. The van der Waals surface area contributed by atoms with Crippen LogP contribution in [0.4, 0.5) is 0 Å². The van der Waals surface area contributed by atoms with E-state index in [0.29, 0.717) is 24.8 Å². The van der Waals surface area contributed by atoms with E-state index < -0.39 is 0 Å². The smallest absolute Gasteiger partial charge is 0.289 e. The van der Waals surface area contributed by atoms with Gasteiger partial charge in [0, 0.05) is 38.7 Å². The molecule has 1 saturated carbocycles. The molecule has 1 aromatic rings. The van der Waals surface area contributed by atoms with E-state index >= 15 is 0 Å². The first-order chi connectivity index (χ1) is 12.3. The molecule has 25 heavy (non-hydrogen) atoms. The van der Waals surface area contributed by atoms with Crippen LogP contribution < -0.4 is 5.32 Å². The molecule has 0 spiro atoms. The monoisotopic (exact) mass is 349 g/mol. The number of hydrogen-bond acceptors (Lipinski definition) is 5. The molecule has 3 rings (SSSR count). The van der Waals surface area contributed by atoms with E-state index in [-0.39, 0.29) is 5.91 Å². The predicted octanol–water partition coefficient (Wildman–Crippen LogP) is 2.81. The van der Waals surface area contributed by atoms with Gasteiger partial charge in [-0.05, 0) is 38.1 Å². The molecule has 1 aliphatic carbocycles. The summed E-state index contributed by atoms with van der Waals surface area (Å²) in [4.78, 5) is 14.6. The highest BCUT2D eigenvalue weighted by molar-refractivity contribution is 5.91. The third-order valence-corrected chi connectivity index (χ3v) is 5.51. The minimum Gasteiger partial charge on any atom is -0.383 e. The lowest BCUT2D eigenvalue weighted by atomic mass is 9.87. The molecular formula is C19H31N3O3. The maximum atomic E-state index is 12.0. The van der Waals surface area contributed by atoms with E-state index in [0.717, 1.165) is 24.6 Å². The van der Waals surface area contributed by atoms with Gasteiger partial charge in [-0.25, -0.2) is 0 Å². The molecule has 0 unspecified atom stereocenters. The van der Waals surface area contributed by atoms with Crippen LogP contribution in [0.15, 0.2) is 10.6 Å². The summed E-state index contributed by atoms with van der Waals surface area (Å²) in [5, 5.41) is 6.95. The zero-order valence-electron chi connectivity index (χ0n) is 15.3. The van der Waals surface area contributed by atoms with Crippen LogP contribution in [0, 0.1) is 5.92 Å². The van der Waals surface area contributed by atoms with Gasteiger partial charge in [-0.2, -0.15) is 0 Å². The fourth-order valence-corrected chi connectivity index (χ4v) is 4.14. The zero-order valence-corrected chi connectivity index (χ0v) is 15.3. The van der Waals surface area contributed by atoms with Crippen LogP contribution in [-0.4, -0.2) is 55.9 Å². The standard InChI is InChI=1S/C19H31N3O3/c1-24-11-9-20-19(23)18-12-17(21-25-18)16-8-5-10-22(14-16)13-15-6-3-2-4-7-15/h12,15-16H,2-11,13-14H2,1H3,(H,20,23)/t16-/m1/s1. The lowest BCUT2D eigenvalue weighted by molar-refractivity contribution is 0.0900. The van der Waals surface area contributed by atoms with Crippen LogP contribution in [0.25, 0.3) is 0 Å². The first-order valence-electron chi connectivity index (χ1n) is 9.72. The Morgan fingerprint density at radius 3 is 2.96 bits per heavy atom. The van der Waals surface area contributed by atoms with Crippen molar-refractivity contribution in [2.45, 2.75) is 50.9 Å². The van der Waals surface area contributed by atoms with Crippen LogP contribution in [0.3, 0.4) is 0 Å². The third kappa shape index (κ3) is 5.28. The van der Waals surface area contributed by atoms with Gasteiger partial charge in [-0.1, -0.05) is 24.4 Å². The number of aromatic nitrogens is 1. The number of likely N-dealkylation sites (tertiary alicyclic amines) is 1. The van der Waals surface area contributed by atoms with E-state index in [2.05, 4.69) is 15.4 Å². The van der Waals surface area contributed by atoms with E-state index in [1.54, 1.807) is 7.11 Å². The number of hydrogen-bond donors (Lipinski definition) is 1. The Morgan fingerprint density at radius 1 is 1.32 bits per heavy atom. The molecule has 0 aromatic carbocycles. The van der Waals surface area contributed by atoms with E-state index in [1.165, 1.54) is 51.6 Å². The summed E-state index contributed by atoms with van der Waals surface area (Å²) < 4.78 is 10.2. The largest absolute Gasteiger partial charge is 0.383 e. The molecule has 2 fully saturated rings. The normalized spacial score (nSPS) is 22.8. The van der Waals surface area contributed by atoms with Gasteiger partial charge in [0.1, 0.15) is 0 Å². The van der Waals surface area contributed by atoms with Gasteiger partial charge in [0.2, 0.25) is 5.76 Å². The second kappa shape index (κ2) is 9.34. The van der Waals surface area contributed by atoms with Gasteiger partial charge in [0.25, 0.3) is 5.91 Å². The minimum absolute atomic E-state index is 0.217. The van der Waals surface area contributed by atoms with E-state index in [4.69, 9.17) is 9.26 Å². The Kier molecular flexibility index (Phi) is 6.87. The zero-order chi connectivity index (χ0) is 17.5. The number of piperidine rings is 1. The minimum atomic E-state index is -0.217. The summed E-state index contributed by atoms with van der Waals surface area (Å²) in [7, 11) is 1.61. The Hall–Kier alpha value is -1.40. The van der Waals surface area contributed by atoms with Gasteiger partial charge in [0.05, 0.1) is 12.3 Å². The SMILES string of the molecule is COCCNC(=O)c1cc([C@@H]2CCCN(CC3CCCCC3)C2)no1. The number of nitrogens with zero attached hydrogens (tertiary/aromatic N) is 2. The average molecular weight is 349 g/mol. The maximum Gasteiger partial charge on any atom is 0.289 e. The quantitative estimate of drug-likeness (QED) is 0.767. The van der Waals surface area contributed by atoms with Gasteiger partial charge < -0.3 is 19.5 Å². The highest BCUT2D eigenvalue weighted by Gasteiger charge is 2.27. The van der Waals surface area contributed by atoms with Crippen LogP contribution in [0.1, 0.15) is 67.1 Å². The highest BCUT2D eigenvalue weighted by atomic mass is 16.5. The van der Waals surface area contributed by atoms with E-state index in [1.807, 2.05) is 6.07 Å². The van der Waals surface area contributed by atoms with Crippen molar-refractivity contribution < 1.29 is 14.1 Å². The fraction of sp³-hybridized carbons (Fsp3) is 0.789. The number of carbonyl (C=O) groups excluding carboxylic acids is 1. The van der Waals surface area contributed by atoms with Crippen molar-refractivity contribution in [1.29, 1.82) is 0 Å². The molecule has 1 N–H and O–H groups in total. The second-order valence-corrected chi connectivity index (χ2v) is 7.47. The molecule has 6 nitrogen and oxygen atoms in total. The van der Waals surface area contributed by atoms with Crippen molar-refractivity contribution in [1.82, 2.24) is 15.4 Å². The van der Waals surface area contributed by atoms with Gasteiger partial charge >= 0.3 is 0 Å². The van der Waals surface area contributed by atoms with Gasteiger partial charge in [-0.15, -0.1) is 0 Å². The van der Waals surface area contributed by atoms with Crippen LogP contribution in [-0.2, 0) is 4.74 Å². The lowest BCUT2D eigenvalue weighted by Crippen LogP contribution is -2.38. The summed E-state index contributed by atoms with van der Waals surface area (Å²) in [5.41, 5.74) is 0.922. The Labute approximate surface area is 150 Å². The molecule has 1 amide bonds. The summed E-state index contributed by atoms with van der Waals surface area (Å²) in [6, 6.07) is 1.82. The topological polar surface area (TPSA) is 67.6 Å². The molecule has 1 aliphatic heterocycles. The predicted molar refractivity (Wildman–Crippen MR) is 95.7 cm³/mol. The fourth-order valence-electron chi connectivity index (χ4n) is 4.14. The van der Waals surface area contributed by atoms with Crippen molar-refractivity contribution in [2.75, 3.05) is 39.9 Å². The van der Waals surface area contributed by atoms with Gasteiger partial charge in [0.15, 0.2) is 0 Å². The number of ether oxygens (including phenoxy) is 1. The number of nitrogens with one attached hydrogen (secondary N) is 1. The van der Waals surface area contributed by atoms with Crippen molar-refractivity contribution in [3.63, 3.8) is 0 Å². The summed E-state index contributed by atoms with van der Waals surface area (Å²) in [6.07, 6.45) is 9.29. The van der Waals surface area contributed by atoms with Crippen molar-refractivity contribution in [3.05, 3.63) is 17.5 Å². The molecule has 0 bridgehead atoms. The molecule has 2 aliphatic rings. The summed E-state index contributed by atoms with van der Waals surface area (Å²) in [6.45, 7) is 4.41. The molecule has 1 saturated heterocycles. The molecule has 2 heterocycles. The summed E-state index contributed by atoms with van der Waals surface area (Å²) >= 11 is 0. The molecule has 6 heteroatoms. The van der Waals surface area contributed by atoms with Crippen molar-refractivity contribution in [3.8, 4) is 0 Å². The van der Waals surface area contributed by atoms with Crippen molar-refractivity contribution in [2.24, 2.45) is 5.92 Å². The molecule has 140 valence electrons.